The molecule has 9 nitrogen and oxygen atoms in total. The van der Waals surface area contributed by atoms with Gasteiger partial charge in [-0.15, -0.1) is 10.2 Å². The lowest BCUT2D eigenvalue weighted by Gasteiger charge is -2.20. The fraction of sp³-hybridized carbons (Fsp3) is 0.360. The molecule has 35 heavy (non-hydrogen) atoms. The number of carbonyl (C=O) groups is 2. The average Bonchev–Trinajstić information content (AvgIpc) is 3.23. The first kappa shape index (κ1) is 26.1. The van der Waals surface area contributed by atoms with Crippen LogP contribution in [0.4, 0.5) is 11.4 Å². The van der Waals surface area contributed by atoms with Crippen LogP contribution >= 0.6 is 11.8 Å². The van der Waals surface area contributed by atoms with Gasteiger partial charge in [0.2, 0.25) is 11.8 Å². The molecule has 0 aliphatic heterocycles. The minimum atomic E-state index is -0.441. The van der Waals surface area contributed by atoms with Crippen LogP contribution in [0.2, 0.25) is 0 Å². The maximum Gasteiger partial charge on any atom is 0.237 e. The number of nitrogens with zero attached hydrogens (tertiary/aromatic N) is 3. The topological polar surface area (TPSA) is 107 Å². The van der Waals surface area contributed by atoms with Crippen molar-refractivity contribution >= 4 is 35.0 Å². The first-order valence-corrected chi connectivity index (χ1v) is 12.2. The van der Waals surface area contributed by atoms with Crippen LogP contribution in [0.3, 0.4) is 0 Å². The van der Waals surface area contributed by atoms with Crippen molar-refractivity contribution in [1.29, 1.82) is 0 Å². The fourth-order valence-corrected chi connectivity index (χ4v) is 4.38. The van der Waals surface area contributed by atoms with E-state index in [-0.39, 0.29) is 24.0 Å². The van der Waals surface area contributed by atoms with Crippen LogP contribution in [-0.4, -0.2) is 38.9 Å². The molecule has 3 rings (SSSR count). The summed E-state index contributed by atoms with van der Waals surface area (Å²) in [6.07, 6.45) is -0.369. The Morgan fingerprint density at radius 2 is 1.60 bits per heavy atom. The van der Waals surface area contributed by atoms with Crippen LogP contribution in [-0.2, 0) is 9.59 Å². The number of thioether (sulfide) groups is 1. The summed E-state index contributed by atoms with van der Waals surface area (Å²) in [5.41, 5.74) is 1.21. The van der Waals surface area contributed by atoms with Gasteiger partial charge in [0, 0.05) is 30.4 Å². The third-order valence-electron chi connectivity index (χ3n) is 5.03. The van der Waals surface area contributed by atoms with Gasteiger partial charge in [0.15, 0.2) is 17.1 Å². The molecule has 3 aromatic rings. The third kappa shape index (κ3) is 6.98. The van der Waals surface area contributed by atoms with Crippen molar-refractivity contribution in [1.82, 2.24) is 14.8 Å². The smallest absolute Gasteiger partial charge is 0.237 e. The number of nitrogens with one attached hydrogen (secondary N) is 2. The van der Waals surface area contributed by atoms with Crippen molar-refractivity contribution in [2.45, 2.75) is 57.2 Å². The van der Waals surface area contributed by atoms with Gasteiger partial charge in [-0.25, -0.2) is 0 Å². The number of carbonyl (C=O) groups excluding carboxylic acids is 2. The first-order valence-electron chi connectivity index (χ1n) is 11.3. The van der Waals surface area contributed by atoms with Crippen LogP contribution < -0.4 is 20.1 Å². The highest BCUT2D eigenvalue weighted by Crippen LogP contribution is 2.31. The second kappa shape index (κ2) is 11.7. The molecule has 2 atom stereocenters. The lowest BCUT2D eigenvalue weighted by Crippen LogP contribution is -2.23. The van der Waals surface area contributed by atoms with Crippen LogP contribution in [0.1, 0.15) is 52.6 Å². The number of methoxy groups -OCH3 is 1. The van der Waals surface area contributed by atoms with Gasteiger partial charge in [0.05, 0.1) is 12.4 Å². The second-order valence-corrected chi connectivity index (χ2v) is 9.56. The number of aromatic nitrogens is 3. The predicted octanol–water partition coefficient (Wildman–Crippen LogP) is 5.09. The van der Waals surface area contributed by atoms with Gasteiger partial charge in [-0.3, -0.25) is 9.59 Å². The van der Waals surface area contributed by atoms with Gasteiger partial charge in [-0.2, -0.15) is 0 Å². The van der Waals surface area contributed by atoms with Crippen molar-refractivity contribution in [3.8, 4) is 11.5 Å². The summed E-state index contributed by atoms with van der Waals surface area (Å²) in [5, 5.41) is 14.5. The molecule has 0 saturated heterocycles. The van der Waals surface area contributed by atoms with E-state index in [0.29, 0.717) is 33.9 Å². The molecule has 2 unspecified atom stereocenters. The van der Waals surface area contributed by atoms with Crippen molar-refractivity contribution in [2.24, 2.45) is 0 Å². The summed E-state index contributed by atoms with van der Waals surface area (Å²) in [6, 6.07) is 14.5. The van der Waals surface area contributed by atoms with Crippen LogP contribution in [0.5, 0.6) is 11.5 Å². The van der Waals surface area contributed by atoms with E-state index in [9.17, 15) is 9.59 Å². The minimum Gasteiger partial charge on any atom is -0.497 e. The van der Waals surface area contributed by atoms with Crippen LogP contribution in [0, 0.1) is 0 Å². The normalized spacial score (nSPS) is 12.7. The molecule has 2 aromatic carbocycles. The molecule has 10 heteroatoms. The molecule has 1 aromatic heterocycles. The second-order valence-electron chi connectivity index (χ2n) is 8.25. The van der Waals surface area contributed by atoms with Crippen LogP contribution in [0.25, 0.3) is 0 Å². The van der Waals surface area contributed by atoms with Crippen molar-refractivity contribution in [3.63, 3.8) is 0 Å². The first-order chi connectivity index (χ1) is 16.7. The van der Waals surface area contributed by atoms with Crippen LogP contribution in [0.15, 0.2) is 53.7 Å². The lowest BCUT2D eigenvalue weighted by molar-refractivity contribution is -0.115. The Hall–Kier alpha value is -3.53. The fourth-order valence-electron chi connectivity index (χ4n) is 3.40. The summed E-state index contributed by atoms with van der Waals surface area (Å²) < 4.78 is 13.3. The summed E-state index contributed by atoms with van der Waals surface area (Å²) in [6.45, 7) is 9.23. The van der Waals surface area contributed by atoms with E-state index in [1.165, 1.54) is 18.7 Å². The molecule has 0 aliphatic rings. The number of hydrogen-bond acceptors (Lipinski definition) is 7. The summed E-state index contributed by atoms with van der Waals surface area (Å²) >= 11 is 1.32. The molecular weight excluding hydrogens is 466 g/mol. The highest BCUT2D eigenvalue weighted by atomic mass is 32.2. The van der Waals surface area contributed by atoms with Crippen molar-refractivity contribution in [2.75, 3.05) is 17.7 Å². The van der Waals surface area contributed by atoms with Gasteiger partial charge in [-0.05, 0) is 58.0 Å². The zero-order chi connectivity index (χ0) is 25.5. The largest absolute Gasteiger partial charge is 0.497 e. The van der Waals surface area contributed by atoms with Gasteiger partial charge < -0.3 is 24.7 Å². The Balaban J connectivity index is 1.71. The van der Waals surface area contributed by atoms with E-state index in [2.05, 4.69) is 20.8 Å². The number of ether oxygens (including phenoxy) is 2. The Morgan fingerprint density at radius 1 is 0.943 bits per heavy atom. The Morgan fingerprint density at radius 3 is 2.26 bits per heavy atom. The molecule has 2 amide bonds. The van der Waals surface area contributed by atoms with E-state index < -0.39 is 5.25 Å². The molecular formula is C25H31N5O4S. The molecule has 186 valence electrons. The van der Waals surface area contributed by atoms with E-state index >= 15 is 0 Å². The summed E-state index contributed by atoms with van der Waals surface area (Å²) in [4.78, 5) is 24.2. The zero-order valence-corrected chi connectivity index (χ0v) is 21.6. The monoisotopic (exact) mass is 497 g/mol. The molecule has 0 radical (unpaired) electrons. The van der Waals surface area contributed by atoms with E-state index in [4.69, 9.17) is 9.47 Å². The van der Waals surface area contributed by atoms with Crippen molar-refractivity contribution in [3.05, 3.63) is 54.4 Å². The summed E-state index contributed by atoms with van der Waals surface area (Å²) in [5.74, 6) is 1.68. The minimum absolute atomic E-state index is 0.0588. The van der Waals surface area contributed by atoms with Crippen molar-refractivity contribution < 1.29 is 19.1 Å². The van der Waals surface area contributed by atoms with E-state index in [1.807, 2.05) is 56.5 Å². The standard InChI is InChI=1S/C25H31N5O4S/c1-15(2)30-23(16(3)34-22-12-8-11-21(14-22)33-6)28-29-25(30)35-17(4)24(32)27-20-10-7-9-19(13-20)26-18(5)31/h7-17H,1-6H3,(H,26,31)(H,27,32). The molecule has 2 N–H and O–H groups in total. The average molecular weight is 498 g/mol. The Kier molecular flexibility index (Phi) is 8.75. The number of amides is 2. The SMILES string of the molecule is COc1cccc(OC(C)c2nnc(SC(C)C(=O)Nc3cccc(NC(C)=O)c3)n2C(C)C)c1. The number of benzene rings is 2. The summed E-state index contributed by atoms with van der Waals surface area (Å²) in [7, 11) is 1.61. The van der Waals surface area contributed by atoms with E-state index in [1.54, 1.807) is 31.4 Å². The number of hydrogen-bond donors (Lipinski definition) is 2. The maximum atomic E-state index is 12.9. The molecule has 0 bridgehead atoms. The maximum absolute atomic E-state index is 12.9. The van der Waals surface area contributed by atoms with Gasteiger partial charge in [0.25, 0.3) is 0 Å². The Bertz CT molecular complexity index is 1180. The highest BCUT2D eigenvalue weighted by Gasteiger charge is 2.25. The molecule has 1 heterocycles. The quantitative estimate of drug-likeness (QED) is 0.376. The molecule has 0 spiro atoms. The predicted molar refractivity (Wildman–Crippen MR) is 137 cm³/mol. The van der Waals surface area contributed by atoms with Gasteiger partial charge in [-0.1, -0.05) is 23.9 Å². The third-order valence-corrected chi connectivity index (χ3v) is 6.08. The molecule has 0 fully saturated rings. The van der Waals surface area contributed by atoms with Gasteiger partial charge in [0.1, 0.15) is 11.5 Å². The number of rotatable bonds is 10. The number of anilines is 2. The zero-order valence-electron chi connectivity index (χ0n) is 20.7. The Labute approximate surface area is 209 Å². The molecule has 0 saturated carbocycles. The molecule has 0 aliphatic carbocycles. The van der Waals surface area contributed by atoms with Gasteiger partial charge >= 0.3 is 0 Å². The van der Waals surface area contributed by atoms with E-state index in [0.717, 1.165) is 0 Å². The highest BCUT2D eigenvalue weighted by molar-refractivity contribution is 8.00. The lowest BCUT2D eigenvalue weighted by atomic mass is 10.2.